The lowest BCUT2D eigenvalue weighted by Gasteiger charge is -2.38. The molecule has 2 unspecified atom stereocenters. The highest BCUT2D eigenvalue weighted by atomic mass is 16.5. The van der Waals surface area contributed by atoms with Gasteiger partial charge >= 0.3 is 0 Å². The third-order valence-corrected chi connectivity index (χ3v) is 4.60. The lowest BCUT2D eigenvalue weighted by molar-refractivity contribution is 0.0253. The molecule has 106 valence electrons. The van der Waals surface area contributed by atoms with Crippen LogP contribution in [0.25, 0.3) is 10.9 Å². The minimum atomic E-state index is 0.331. The van der Waals surface area contributed by atoms with Gasteiger partial charge in [-0.15, -0.1) is 0 Å². The van der Waals surface area contributed by atoms with Crippen LogP contribution in [-0.4, -0.2) is 30.3 Å². The summed E-state index contributed by atoms with van der Waals surface area (Å²) < 4.78 is 5.86. The van der Waals surface area contributed by atoms with E-state index in [1.165, 1.54) is 6.42 Å². The van der Waals surface area contributed by atoms with Crippen molar-refractivity contribution in [3.8, 4) is 6.07 Å². The molecule has 4 heteroatoms. The van der Waals surface area contributed by atoms with Crippen molar-refractivity contribution in [2.24, 2.45) is 0 Å². The lowest BCUT2D eigenvalue weighted by Crippen LogP contribution is -2.49. The second kappa shape index (κ2) is 5.01. The van der Waals surface area contributed by atoms with Crippen molar-refractivity contribution in [2.75, 3.05) is 18.1 Å². The summed E-state index contributed by atoms with van der Waals surface area (Å²) in [7, 11) is 0. The fourth-order valence-electron chi connectivity index (χ4n) is 3.61. The number of anilines is 1. The Hall–Kier alpha value is -2.12. The highest BCUT2D eigenvalue weighted by Gasteiger charge is 2.36. The van der Waals surface area contributed by atoms with E-state index in [0.717, 1.165) is 42.7 Å². The molecule has 1 aliphatic carbocycles. The van der Waals surface area contributed by atoms with Gasteiger partial charge in [-0.25, -0.2) is 4.98 Å². The van der Waals surface area contributed by atoms with E-state index in [1.54, 1.807) is 0 Å². The summed E-state index contributed by atoms with van der Waals surface area (Å²) in [5, 5.41) is 10.4. The molecule has 2 fully saturated rings. The molecule has 1 aromatic heterocycles. The van der Waals surface area contributed by atoms with E-state index in [2.05, 4.69) is 11.0 Å². The van der Waals surface area contributed by atoms with Gasteiger partial charge < -0.3 is 9.64 Å². The molecular formula is C17H17N3O. The van der Waals surface area contributed by atoms with Gasteiger partial charge in [0.25, 0.3) is 0 Å². The van der Waals surface area contributed by atoms with Gasteiger partial charge in [0, 0.05) is 11.9 Å². The van der Waals surface area contributed by atoms with E-state index in [4.69, 9.17) is 9.72 Å². The topological polar surface area (TPSA) is 49.2 Å². The molecular weight excluding hydrogens is 262 g/mol. The Morgan fingerprint density at radius 2 is 2.19 bits per heavy atom. The molecule has 1 saturated carbocycles. The van der Waals surface area contributed by atoms with Gasteiger partial charge in [-0.1, -0.05) is 18.2 Å². The van der Waals surface area contributed by atoms with Crippen LogP contribution >= 0.6 is 0 Å². The molecule has 4 nitrogen and oxygen atoms in total. The number of fused-ring (bicyclic) bond motifs is 2. The molecule has 2 heterocycles. The number of hydrogen-bond donors (Lipinski definition) is 0. The van der Waals surface area contributed by atoms with Crippen LogP contribution in [-0.2, 0) is 4.74 Å². The Kier molecular flexibility index (Phi) is 3.01. The number of aromatic nitrogens is 1. The van der Waals surface area contributed by atoms with Crippen molar-refractivity contribution in [1.82, 2.24) is 4.98 Å². The summed E-state index contributed by atoms with van der Waals surface area (Å²) in [6.07, 6.45) is 3.84. The first kappa shape index (κ1) is 12.6. The first-order chi connectivity index (χ1) is 10.4. The number of para-hydroxylation sites is 1. The predicted octanol–water partition coefficient (Wildman–Crippen LogP) is 2.86. The first-order valence-electron chi connectivity index (χ1n) is 7.55. The molecule has 21 heavy (non-hydrogen) atoms. The number of nitriles is 1. The predicted molar refractivity (Wildman–Crippen MR) is 81.2 cm³/mol. The zero-order chi connectivity index (χ0) is 14.2. The number of rotatable bonds is 1. The first-order valence-corrected chi connectivity index (χ1v) is 7.55. The normalized spacial score (nSPS) is 24.8. The van der Waals surface area contributed by atoms with Crippen molar-refractivity contribution >= 4 is 16.7 Å². The van der Waals surface area contributed by atoms with Crippen LogP contribution < -0.4 is 4.90 Å². The van der Waals surface area contributed by atoms with Gasteiger partial charge in [0.15, 0.2) is 0 Å². The van der Waals surface area contributed by atoms with E-state index >= 15 is 0 Å². The van der Waals surface area contributed by atoms with Crippen LogP contribution in [0.3, 0.4) is 0 Å². The molecule has 0 spiro atoms. The molecule has 2 aliphatic rings. The summed E-state index contributed by atoms with van der Waals surface area (Å²) in [6.45, 7) is 1.61. The van der Waals surface area contributed by atoms with Crippen LogP contribution in [0.2, 0.25) is 0 Å². The molecule has 1 saturated heterocycles. The number of benzene rings is 1. The van der Waals surface area contributed by atoms with Gasteiger partial charge in [0.1, 0.15) is 5.82 Å². The zero-order valence-electron chi connectivity index (χ0n) is 11.8. The van der Waals surface area contributed by atoms with E-state index in [1.807, 2.05) is 30.3 Å². The van der Waals surface area contributed by atoms with Crippen LogP contribution in [0.4, 0.5) is 5.82 Å². The number of hydrogen-bond acceptors (Lipinski definition) is 4. The van der Waals surface area contributed by atoms with E-state index < -0.39 is 0 Å². The van der Waals surface area contributed by atoms with Crippen LogP contribution in [0, 0.1) is 11.3 Å². The van der Waals surface area contributed by atoms with Crippen molar-refractivity contribution in [3.05, 3.63) is 35.9 Å². The van der Waals surface area contributed by atoms with E-state index in [9.17, 15) is 5.26 Å². The average molecular weight is 279 g/mol. The fourth-order valence-corrected chi connectivity index (χ4v) is 3.61. The second-order valence-corrected chi connectivity index (χ2v) is 5.76. The van der Waals surface area contributed by atoms with Crippen LogP contribution in [0.5, 0.6) is 0 Å². The quantitative estimate of drug-likeness (QED) is 0.805. The van der Waals surface area contributed by atoms with Gasteiger partial charge in [-0.05, 0) is 31.4 Å². The molecule has 0 radical (unpaired) electrons. The monoisotopic (exact) mass is 279 g/mol. The van der Waals surface area contributed by atoms with Crippen LogP contribution in [0.15, 0.2) is 30.3 Å². The Labute approximate surface area is 124 Å². The summed E-state index contributed by atoms with van der Waals surface area (Å²) in [6, 6.07) is 12.5. The number of ether oxygens (including phenoxy) is 1. The van der Waals surface area contributed by atoms with E-state index in [0.29, 0.717) is 17.7 Å². The maximum absolute atomic E-state index is 9.42. The highest BCUT2D eigenvalue weighted by Crippen LogP contribution is 2.33. The van der Waals surface area contributed by atoms with Gasteiger partial charge in [0.05, 0.1) is 35.9 Å². The fraction of sp³-hybridized carbons (Fsp3) is 0.412. The Bertz CT molecular complexity index is 722. The van der Waals surface area contributed by atoms with E-state index in [-0.39, 0.29) is 0 Å². The molecule has 4 rings (SSSR count). The standard InChI is InChI=1S/C17H17N3O/c18-11-12-10-17(19-14-5-2-1-4-13(12)14)20-8-9-21-16-7-3-6-15(16)20/h1-2,4-5,10,15-16H,3,6-9H2. The SMILES string of the molecule is N#Cc1cc(N2CCOC3CCCC32)nc2ccccc12. The maximum atomic E-state index is 9.42. The third kappa shape index (κ3) is 2.05. The van der Waals surface area contributed by atoms with Crippen molar-refractivity contribution in [2.45, 2.75) is 31.4 Å². The van der Waals surface area contributed by atoms with Crippen molar-refractivity contribution in [1.29, 1.82) is 5.26 Å². The maximum Gasteiger partial charge on any atom is 0.130 e. The largest absolute Gasteiger partial charge is 0.374 e. The molecule has 0 amide bonds. The minimum absolute atomic E-state index is 0.331. The Morgan fingerprint density at radius 3 is 3.10 bits per heavy atom. The third-order valence-electron chi connectivity index (χ3n) is 4.60. The Morgan fingerprint density at radius 1 is 1.29 bits per heavy atom. The number of morpholine rings is 1. The molecule has 2 aromatic rings. The number of nitrogens with zero attached hydrogens (tertiary/aromatic N) is 3. The minimum Gasteiger partial charge on any atom is -0.374 e. The molecule has 2 atom stereocenters. The van der Waals surface area contributed by atoms with Crippen molar-refractivity contribution < 1.29 is 4.74 Å². The lowest BCUT2D eigenvalue weighted by atomic mass is 10.1. The molecule has 0 N–H and O–H groups in total. The smallest absolute Gasteiger partial charge is 0.130 e. The average Bonchev–Trinajstić information content (AvgIpc) is 3.02. The summed E-state index contributed by atoms with van der Waals surface area (Å²) >= 11 is 0. The van der Waals surface area contributed by atoms with Crippen LogP contribution in [0.1, 0.15) is 24.8 Å². The number of pyridine rings is 1. The second-order valence-electron chi connectivity index (χ2n) is 5.76. The van der Waals surface area contributed by atoms with Gasteiger partial charge in [-0.2, -0.15) is 5.26 Å². The zero-order valence-corrected chi connectivity index (χ0v) is 11.8. The summed E-state index contributed by atoms with van der Waals surface area (Å²) in [4.78, 5) is 7.13. The highest BCUT2D eigenvalue weighted by molar-refractivity contribution is 5.86. The summed E-state index contributed by atoms with van der Waals surface area (Å²) in [5.74, 6) is 0.922. The molecule has 1 aromatic carbocycles. The van der Waals surface area contributed by atoms with Crippen molar-refractivity contribution in [3.63, 3.8) is 0 Å². The van der Waals surface area contributed by atoms with Gasteiger partial charge in [-0.3, -0.25) is 0 Å². The summed E-state index contributed by atoms with van der Waals surface area (Å²) in [5.41, 5.74) is 1.60. The van der Waals surface area contributed by atoms with Gasteiger partial charge in [0.2, 0.25) is 0 Å². The Balaban J connectivity index is 1.81. The molecule has 0 bridgehead atoms. The molecule has 1 aliphatic heterocycles.